The first kappa shape index (κ1) is 21.1. The first-order chi connectivity index (χ1) is 15.5. The molecule has 2 aromatic heterocycles. The average molecular weight is 431 g/mol. The minimum atomic E-state index is -0.720. The maximum atomic E-state index is 12.3. The average Bonchev–Trinajstić information content (AvgIpc) is 3.29. The zero-order valence-electron chi connectivity index (χ0n) is 17.1. The molecule has 0 aliphatic carbocycles. The number of aromatic hydroxyl groups is 1. The lowest BCUT2D eigenvalue weighted by molar-refractivity contribution is 0.248. The summed E-state index contributed by atoms with van der Waals surface area (Å²) in [5.41, 5.74) is 0.751. The van der Waals surface area contributed by atoms with Gasteiger partial charge in [0.1, 0.15) is 23.7 Å². The van der Waals surface area contributed by atoms with Gasteiger partial charge >= 0.3 is 5.69 Å². The standard InChI is InChI=1S/C24H21N3O5/c28-15-19-9-10-21(32-19)17-7-4-8-18(13-17)25-14-20-22(29)26-24(31)27(23(20)30)12-11-16-5-2-1-3-6-16/h1-10,13-14,28,30H,11-12,15H2,(H,26,29,31). The van der Waals surface area contributed by atoms with Crippen molar-refractivity contribution in [3.8, 4) is 17.2 Å². The van der Waals surface area contributed by atoms with Crippen LogP contribution in [0.1, 0.15) is 16.9 Å². The van der Waals surface area contributed by atoms with Gasteiger partial charge in [-0.15, -0.1) is 0 Å². The number of aliphatic hydroxyl groups excluding tert-OH is 1. The van der Waals surface area contributed by atoms with Crippen LogP contribution in [0, 0.1) is 0 Å². The van der Waals surface area contributed by atoms with E-state index in [0.29, 0.717) is 23.6 Å². The predicted octanol–water partition coefficient (Wildman–Crippen LogP) is 2.99. The first-order valence-corrected chi connectivity index (χ1v) is 9.99. The first-order valence-electron chi connectivity index (χ1n) is 9.99. The number of aliphatic hydroxyl groups is 1. The summed E-state index contributed by atoms with van der Waals surface area (Å²) in [4.78, 5) is 31.0. The van der Waals surface area contributed by atoms with Gasteiger partial charge in [0, 0.05) is 18.3 Å². The highest BCUT2D eigenvalue weighted by Gasteiger charge is 2.13. The van der Waals surface area contributed by atoms with Gasteiger partial charge < -0.3 is 14.6 Å². The van der Waals surface area contributed by atoms with Gasteiger partial charge in [0.15, 0.2) is 0 Å². The van der Waals surface area contributed by atoms with Crippen LogP contribution in [0.3, 0.4) is 0 Å². The Morgan fingerprint density at radius 3 is 2.59 bits per heavy atom. The van der Waals surface area contributed by atoms with Gasteiger partial charge in [0.05, 0.1) is 5.69 Å². The molecule has 3 N–H and O–H groups in total. The summed E-state index contributed by atoms with van der Waals surface area (Å²) in [7, 11) is 0. The third kappa shape index (κ3) is 4.60. The number of aromatic amines is 1. The predicted molar refractivity (Wildman–Crippen MR) is 120 cm³/mol. The highest BCUT2D eigenvalue weighted by Crippen LogP contribution is 2.26. The molecule has 8 heteroatoms. The molecular formula is C24H21N3O5. The smallest absolute Gasteiger partial charge is 0.331 e. The van der Waals surface area contributed by atoms with Gasteiger partial charge in [-0.2, -0.15) is 0 Å². The molecule has 4 rings (SSSR count). The zero-order valence-corrected chi connectivity index (χ0v) is 17.1. The van der Waals surface area contributed by atoms with Gasteiger partial charge in [-0.1, -0.05) is 42.5 Å². The molecule has 0 aliphatic heterocycles. The summed E-state index contributed by atoms with van der Waals surface area (Å²) < 4.78 is 6.65. The van der Waals surface area contributed by atoms with Crippen molar-refractivity contribution in [1.82, 2.24) is 9.55 Å². The summed E-state index contributed by atoms with van der Waals surface area (Å²) in [5.74, 6) is 0.581. The lowest BCUT2D eigenvalue weighted by Gasteiger charge is -2.09. The second kappa shape index (κ2) is 9.32. The number of nitrogens with one attached hydrogen (secondary N) is 1. The minimum absolute atomic E-state index is 0.108. The van der Waals surface area contributed by atoms with E-state index in [1.54, 1.807) is 30.3 Å². The van der Waals surface area contributed by atoms with Crippen LogP contribution in [0.4, 0.5) is 5.69 Å². The quantitative estimate of drug-likeness (QED) is 0.389. The number of aliphatic imine (C=N–C) groups is 1. The fourth-order valence-electron chi connectivity index (χ4n) is 3.28. The van der Waals surface area contributed by atoms with E-state index < -0.39 is 17.1 Å². The van der Waals surface area contributed by atoms with E-state index in [1.165, 1.54) is 6.21 Å². The molecule has 0 bridgehead atoms. The Balaban J connectivity index is 1.60. The molecule has 162 valence electrons. The monoisotopic (exact) mass is 431 g/mol. The maximum absolute atomic E-state index is 12.3. The number of aromatic nitrogens is 2. The Hall–Kier alpha value is -4.17. The number of benzene rings is 2. The van der Waals surface area contributed by atoms with Crippen LogP contribution in [-0.4, -0.2) is 26.0 Å². The molecule has 0 unspecified atom stereocenters. The van der Waals surface area contributed by atoms with Crippen LogP contribution in [-0.2, 0) is 19.6 Å². The third-order valence-electron chi connectivity index (χ3n) is 4.96. The van der Waals surface area contributed by atoms with Crippen LogP contribution >= 0.6 is 0 Å². The van der Waals surface area contributed by atoms with Gasteiger partial charge in [-0.05, 0) is 36.2 Å². The Labute approximate surface area is 182 Å². The Morgan fingerprint density at radius 1 is 1.03 bits per heavy atom. The van der Waals surface area contributed by atoms with E-state index in [2.05, 4.69) is 9.98 Å². The van der Waals surface area contributed by atoms with E-state index in [1.807, 2.05) is 36.4 Å². The fraction of sp³-hybridized carbons (Fsp3) is 0.125. The maximum Gasteiger partial charge on any atom is 0.331 e. The van der Waals surface area contributed by atoms with Crippen molar-refractivity contribution in [2.24, 2.45) is 4.99 Å². The summed E-state index contributed by atoms with van der Waals surface area (Å²) in [6.45, 7) is 0.00729. The Morgan fingerprint density at radius 2 is 1.84 bits per heavy atom. The van der Waals surface area contributed by atoms with Gasteiger partial charge in [0.2, 0.25) is 5.88 Å². The van der Waals surface area contributed by atoms with E-state index in [4.69, 9.17) is 9.52 Å². The molecule has 0 spiro atoms. The molecule has 0 saturated carbocycles. The van der Waals surface area contributed by atoms with E-state index in [9.17, 15) is 14.7 Å². The van der Waals surface area contributed by atoms with Crippen molar-refractivity contribution in [1.29, 1.82) is 0 Å². The topological polar surface area (TPSA) is 121 Å². The number of furan rings is 1. The molecule has 2 heterocycles. The molecule has 0 aliphatic rings. The number of aryl methyl sites for hydroxylation is 1. The summed E-state index contributed by atoms with van der Waals surface area (Å²) >= 11 is 0. The van der Waals surface area contributed by atoms with Crippen LogP contribution in [0.25, 0.3) is 11.3 Å². The fourth-order valence-corrected chi connectivity index (χ4v) is 3.28. The summed E-state index contributed by atoms with van der Waals surface area (Å²) in [6.07, 6.45) is 1.74. The third-order valence-corrected chi connectivity index (χ3v) is 4.96. The van der Waals surface area contributed by atoms with Crippen LogP contribution in [0.15, 0.2) is 85.7 Å². The Kier molecular flexibility index (Phi) is 6.14. The van der Waals surface area contributed by atoms with E-state index in [-0.39, 0.29) is 18.7 Å². The van der Waals surface area contributed by atoms with Crippen LogP contribution in [0.5, 0.6) is 5.88 Å². The van der Waals surface area contributed by atoms with Crippen molar-refractivity contribution < 1.29 is 14.6 Å². The SMILES string of the molecule is O=c1[nH]c(=O)n(CCc2ccccc2)c(O)c1C=Nc1cccc(-c2ccc(CO)o2)c1. The molecule has 0 radical (unpaired) electrons. The number of rotatable bonds is 7. The second-order valence-electron chi connectivity index (χ2n) is 7.12. The molecule has 32 heavy (non-hydrogen) atoms. The molecule has 0 saturated heterocycles. The lowest BCUT2D eigenvalue weighted by atomic mass is 10.1. The molecule has 0 amide bonds. The van der Waals surface area contributed by atoms with E-state index in [0.717, 1.165) is 15.7 Å². The van der Waals surface area contributed by atoms with Gasteiger partial charge in [-0.3, -0.25) is 19.3 Å². The molecular weight excluding hydrogens is 410 g/mol. The molecule has 2 aromatic carbocycles. The second-order valence-corrected chi connectivity index (χ2v) is 7.12. The van der Waals surface area contributed by atoms with Crippen molar-refractivity contribution >= 4 is 11.9 Å². The number of H-pyrrole nitrogens is 1. The highest BCUT2D eigenvalue weighted by molar-refractivity contribution is 5.84. The summed E-state index contributed by atoms with van der Waals surface area (Å²) in [5, 5.41) is 19.7. The summed E-state index contributed by atoms with van der Waals surface area (Å²) in [6, 6.07) is 20.0. The van der Waals surface area contributed by atoms with E-state index >= 15 is 0 Å². The highest BCUT2D eigenvalue weighted by atomic mass is 16.4. The van der Waals surface area contributed by atoms with Crippen molar-refractivity contribution in [2.45, 2.75) is 19.6 Å². The van der Waals surface area contributed by atoms with Gasteiger partial charge in [0.25, 0.3) is 5.56 Å². The largest absolute Gasteiger partial charge is 0.494 e. The van der Waals surface area contributed by atoms with Crippen LogP contribution in [0.2, 0.25) is 0 Å². The zero-order chi connectivity index (χ0) is 22.5. The normalized spacial score (nSPS) is 11.3. The number of hydrogen-bond donors (Lipinski definition) is 3. The molecule has 0 fully saturated rings. The molecule has 4 aromatic rings. The van der Waals surface area contributed by atoms with Crippen molar-refractivity contribution in [2.75, 3.05) is 0 Å². The Bertz CT molecular complexity index is 1370. The van der Waals surface area contributed by atoms with Gasteiger partial charge in [-0.25, -0.2) is 4.79 Å². The lowest BCUT2D eigenvalue weighted by Crippen LogP contribution is -2.32. The number of nitrogens with zero attached hydrogens (tertiary/aromatic N) is 2. The molecule has 8 nitrogen and oxygen atoms in total. The van der Waals surface area contributed by atoms with Crippen LogP contribution < -0.4 is 11.2 Å². The number of hydrogen-bond acceptors (Lipinski definition) is 6. The van der Waals surface area contributed by atoms with Crippen molar-refractivity contribution in [3.63, 3.8) is 0 Å². The minimum Gasteiger partial charge on any atom is -0.494 e. The van der Waals surface area contributed by atoms with Crippen molar-refractivity contribution in [3.05, 3.63) is 104 Å². The molecule has 0 atom stereocenters.